The first kappa shape index (κ1) is 26.2. The number of nitrogens with zero attached hydrogens (tertiary/aromatic N) is 1. The Hall–Kier alpha value is -1.91. The molecule has 0 atom stereocenters. The summed E-state index contributed by atoms with van der Waals surface area (Å²) in [5.41, 5.74) is 4.81. The van der Waals surface area contributed by atoms with Crippen molar-refractivity contribution in [1.82, 2.24) is 4.98 Å². The third kappa shape index (κ3) is 8.05. The number of hydrogen-bond acceptors (Lipinski definition) is 9. The highest BCUT2D eigenvalue weighted by Crippen LogP contribution is 2.40. The van der Waals surface area contributed by atoms with Gasteiger partial charge >= 0.3 is 0 Å². The Balaban J connectivity index is 1.57. The van der Waals surface area contributed by atoms with Gasteiger partial charge in [-0.3, -0.25) is 0 Å². The van der Waals surface area contributed by atoms with Crippen molar-refractivity contribution in [3.63, 3.8) is 0 Å². The van der Waals surface area contributed by atoms with Crippen LogP contribution >= 0.6 is 34.9 Å². The van der Waals surface area contributed by atoms with Crippen LogP contribution in [0.5, 0.6) is 17.2 Å². The summed E-state index contributed by atoms with van der Waals surface area (Å²) in [6.45, 7) is 3.92. The van der Waals surface area contributed by atoms with E-state index in [2.05, 4.69) is 23.2 Å². The molecule has 6 nitrogen and oxygen atoms in total. The molecule has 1 aliphatic heterocycles. The predicted octanol–water partition coefficient (Wildman–Crippen LogP) is 5.75. The maximum Gasteiger partial charge on any atom is 0.170 e. The van der Waals surface area contributed by atoms with E-state index < -0.39 is 0 Å². The van der Waals surface area contributed by atoms with Crippen molar-refractivity contribution in [3.8, 4) is 17.2 Å². The third-order valence-electron chi connectivity index (χ3n) is 5.21. The summed E-state index contributed by atoms with van der Waals surface area (Å²) in [5, 5.41) is 0. The second-order valence-electron chi connectivity index (χ2n) is 7.57. The third-order valence-corrected chi connectivity index (χ3v) is 7.81. The summed E-state index contributed by atoms with van der Waals surface area (Å²) in [5.74, 6) is 5.96. The smallest absolute Gasteiger partial charge is 0.170 e. The van der Waals surface area contributed by atoms with Crippen LogP contribution in [0.2, 0.25) is 0 Å². The number of hydrogen-bond donors (Lipinski definition) is 0. The van der Waals surface area contributed by atoms with Crippen LogP contribution in [0, 0.1) is 0 Å². The van der Waals surface area contributed by atoms with Gasteiger partial charge < -0.3 is 23.7 Å². The van der Waals surface area contributed by atoms with Crippen molar-refractivity contribution < 1.29 is 23.7 Å². The molecule has 0 bridgehead atoms. The van der Waals surface area contributed by atoms with Crippen LogP contribution in [0.15, 0.2) is 35.8 Å². The Morgan fingerprint density at radius 2 is 1.51 bits per heavy atom. The van der Waals surface area contributed by atoms with E-state index in [4.69, 9.17) is 23.7 Å². The molecule has 35 heavy (non-hydrogen) atoms. The van der Waals surface area contributed by atoms with Gasteiger partial charge in [0.25, 0.3) is 0 Å². The SMILES string of the molecule is COc1ccc(/C=C/c2c3c(cc4scnc24)OCCSCCOCCOCCSCCO3)cc1. The lowest BCUT2D eigenvalue weighted by Crippen LogP contribution is -2.11. The molecule has 1 aliphatic rings. The number of rotatable bonds is 3. The van der Waals surface area contributed by atoms with Gasteiger partial charge in [-0.15, -0.1) is 11.3 Å². The van der Waals surface area contributed by atoms with Crippen molar-refractivity contribution in [2.75, 3.05) is 69.8 Å². The molecule has 0 saturated carbocycles. The zero-order valence-electron chi connectivity index (χ0n) is 19.9. The summed E-state index contributed by atoms with van der Waals surface area (Å²) >= 11 is 5.25. The van der Waals surface area contributed by atoms with Gasteiger partial charge in [0.05, 0.1) is 62.5 Å². The molecule has 0 amide bonds. The van der Waals surface area contributed by atoms with E-state index in [0.717, 1.165) is 74.8 Å². The van der Waals surface area contributed by atoms with Gasteiger partial charge in [0.2, 0.25) is 0 Å². The quantitative estimate of drug-likeness (QED) is 0.395. The Kier molecular flexibility index (Phi) is 10.9. The van der Waals surface area contributed by atoms with Crippen molar-refractivity contribution in [3.05, 3.63) is 47.0 Å². The van der Waals surface area contributed by atoms with Crippen LogP contribution in [0.25, 0.3) is 22.4 Å². The van der Waals surface area contributed by atoms with Crippen LogP contribution in [0.1, 0.15) is 11.1 Å². The molecular weight excluding hydrogens is 502 g/mol. The fourth-order valence-corrected chi connectivity index (χ4v) is 5.47. The van der Waals surface area contributed by atoms with E-state index in [0.29, 0.717) is 26.4 Å². The van der Waals surface area contributed by atoms with Crippen LogP contribution in [0.3, 0.4) is 0 Å². The maximum atomic E-state index is 6.35. The molecule has 188 valence electrons. The molecule has 9 heteroatoms. The molecule has 0 fully saturated rings. The topological polar surface area (TPSA) is 59.0 Å². The lowest BCUT2D eigenvalue weighted by molar-refractivity contribution is 0.0605. The molecule has 4 rings (SSSR count). The standard InChI is InChI=1S/C26H31NO5S3/c1-28-21-5-2-20(3-6-21)4-7-22-25-24(35-19-27-25)18-23-26(22)32-13-17-34-15-11-30-9-8-29-10-14-33-16-12-31-23/h2-7,18-19H,8-17H2,1H3/b7-4+. The average molecular weight is 534 g/mol. The Morgan fingerprint density at radius 3 is 2.23 bits per heavy atom. The normalized spacial score (nSPS) is 17.2. The minimum absolute atomic E-state index is 0.581. The molecule has 0 radical (unpaired) electrons. The molecule has 0 saturated heterocycles. The number of ether oxygens (including phenoxy) is 5. The molecule has 2 heterocycles. The number of thiazole rings is 1. The molecule has 0 N–H and O–H groups in total. The van der Waals surface area contributed by atoms with Crippen LogP contribution in [-0.2, 0) is 9.47 Å². The van der Waals surface area contributed by atoms with E-state index in [1.165, 1.54) is 0 Å². The first-order valence-corrected chi connectivity index (χ1v) is 14.8. The maximum absolute atomic E-state index is 6.35. The second kappa shape index (κ2) is 14.6. The predicted molar refractivity (Wildman–Crippen MR) is 149 cm³/mol. The van der Waals surface area contributed by atoms with Gasteiger partial charge in [-0.25, -0.2) is 4.98 Å². The summed E-state index contributed by atoms with van der Waals surface area (Å²) in [4.78, 5) is 4.64. The van der Waals surface area contributed by atoms with Crippen LogP contribution in [-0.4, -0.2) is 74.7 Å². The number of fused-ring (bicyclic) bond motifs is 2. The van der Waals surface area contributed by atoms with Crippen molar-refractivity contribution in [1.29, 1.82) is 0 Å². The van der Waals surface area contributed by atoms with E-state index in [1.54, 1.807) is 18.4 Å². The monoisotopic (exact) mass is 533 g/mol. The van der Waals surface area contributed by atoms with Gasteiger partial charge in [0.1, 0.15) is 5.75 Å². The zero-order chi connectivity index (χ0) is 24.1. The molecule has 0 spiro atoms. The lowest BCUT2D eigenvalue weighted by atomic mass is 10.1. The van der Waals surface area contributed by atoms with Crippen LogP contribution < -0.4 is 14.2 Å². The molecule has 0 unspecified atom stereocenters. The van der Waals surface area contributed by atoms with Crippen molar-refractivity contribution >= 4 is 57.2 Å². The van der Waals surface area contributed by atoms with Crippen molar-refractivity contribution in [2.45, 2.75) is 0 Å². The average Bonchev–Trinajstić information content (AvgIpc) is 3.35. The Labute approximate surface area is 219 Å². The lowest BCUT2D eigenvalue weighted by Gasteiger charge is -2.16. The van der Waals surface area contributed by atoms with Gasteiger partial charge in [-0.2, -0.15) is 23.5 Å². The van der Waals surface area contributed by atoms with Crippen LogP contribution in [0.4, 0.5) is 0 Å². The van der Waals surface area contributed by atoms with E-state index in [-0.39, 0.29) is 0 Å². The highest BCUT2D eigenvalue weighted by Gasteiger charge is 2.17. The first-order chi connectivity index (χ1) is 17.3. The van der Waals surface area contributed by atoms with Gasteiger partial charge in [0.15, 0.2) is 11.5 Å². The fraction of sp³-hybridized carbons (Fsp3) is 0.423. The number of benzene rings is 2. The fourth-order valence-electron chi connectivity index (χ4n) is 3.47. The van der Waals surface area contributed by atoms with E-state index in [1.807, 2.05) is 53.3 Å². The van der Waals surface area contributed by atoms with E-state index >= 15 is 0 Å². The van der Waals surface area contributed by atoms with E-state index in [9.17, 15) is 0 Å². The summed E-state index contributed by atoms with van der Waals surface area (Å²) in [6, 6.07) is 10.0. The minimum Gasteiger partial charge on any atom is -0.497 e. The highest BCUT2D eigenvalue weighted by molar-refractivity contribution is 7.99. The van der Waals surface area contributed by atoms with Gasteiger partial charge in [-0.1, -0.05) is 18.2 Å². The number of methoxy groups -OCH3 is 1. The minimum atomic E-state index is 0.581. The molecule has 0 aliphatic carbocycles. The Morgan fingerprint density at radius 1 is 0.829 bits per heavy atom. The van der Waals surface area contributed by atoms with Crippen molar-refractivity contribution in [2.24, 2.45) is 0 Å². The largest absolute Gasteiger partial charge is 0.497 e. The Bertz CT molecular complexity index is 1070. The summed E-state index contributed by atoms with van der Waals surface area (Å²) < 4.78 is 30.2. The number of aromatic nitrogens is 1. The highest BCUT2D eigenvalue weighted by atomic mass is 32.2. The van der Waals surface area contributed by atoms with Gasteiger partial charge in [0, 0.05) is 34.6 Å². The second-order valence-corrected chi connectivity index (χ2v) is 10.9. The van der Waals surface area contributed by atoms with Gasteiger partial charge in [-0.05, 0) is 23.8 Å². The summed E-state index contributed by atoms with van der Waals surface area (Å²) in [7, 11) is 1.67. The molecular formula is C26H31NO5S3. The molecule has 1 aromatic heterocycles. The molecule has 2 aromatic carbocycles. The number of thioether (sulfide) groups is 2. The zero-order valence-corrected chi connectivity index (χ0v) is 22.4. The summed E-state index contributed by atoms with van der Waals surface area (Å²) in [6.07, 6.45) is 4.15. The molecule has 3 aromatic rings. The first-order valence-electron chi connectivity index (χ1n) is 11.6.